The molecule has 1 aliphatic rings. The molecule has 0 saturated carbocycles. The van der Waals surface area contributed by atoms with E-state index in [1.807, 2.05) is 36.4 Å². The second-order valence-corrected chi connectivity index (χ2v) is 7.01. The molecule has 0 aliphatic carbocycles. The van der Waals surface area contributed by atoms with E-state index in [4.69, 9.17) is 20.9 Å². The van der Waals surface area contributed by atoms with Crippen LogP contribution in [-0.2, 0) is 16.0 Å². The number of benzene rings is 2. The first-order valence-corrected chi connectivity index (χ1v) is 9.49. The van der Waals surface area contributed by atoms with Crippen LogP contribution in [0.2, 0.25) is 5.02 Å². The molecule has 2 heterocycles. The van der Waals surface area contributed by atoms with Crippen LogP contribution in [0.1, 0.15) is 5.56 Å². The van der Waals surface area contributed by atoms with E-state index in [9.17, 15) is 4.79 Å². The van der Waals surface area contributed by atoms with Gasteiger partial charge in [0.15, 0.2) is 0 Å². The molecule has 6 nitrogen and oxygen atoms in total. The standard InChI is InChI=1S/C21H20ClN3O3/c22-17-5-3-16(4-6-17)19-14-21(28-24-19)23-20(26)13-15-1-7-18(8-2-15)25-9-11-27-12-10-25/h1-8,14H,9-13H2,(H,23,26). The fourth-order valence-corrected chi connectivity index (χ4v) is 3.23. The van der Waals surface area contributed by atoms with Gasteiger partial charge in [0.2, 0.25) is 11.8 Å². The highest BCUT2D eigenvalue weighted by molar-refractivity contribution is 6.30. The van der Waals surface area contributed by atoms with Gasteiger partial charge in [0, 0.05) is 35.4 Å². The summed E-state index contributed by atoms with van der Waals surface area (Å²) in [7, 11) is 0. The fourth-order valence-electron chi connectivity index (χ4n) is 3.10. The summed E-state index contributed by atoms with van der Waals surface area (Å²) in [6.45, 7) is 3.28. The Bertz CT molecular complexity index is 932. The molecule has 2 aromatic carbocycles. The smallest absolute Gasteiger partial charge is 0.231 e. The van der Waals surface area contributed by atoms with E-state index in [1.54, 1.807) is 18.2 Å². The Morgan fingerprint density at radius 2 is 1.79 bits per heavy atom. The minimum absolute atomic E-state index is 0.155. The highest BCUT2D eigenvalue weighted by Gasteiger charge is 2.13. The molecule has 1 saturated heterocycles. The number of ether oxygens (including phenoxy) is 1. The first-order valence-electron chi connectivity index (χ1n) is 9.11. The van der Waals surface area contributed by atoms with E-state index < -0.39 is 0 Å². The number of carbonyl (C=O) groups excluding carboxylic acids is 1. The number of halogens is 1. The van der Waals surface area contributed by atoms with Gasteiger partial charge in [-0.1, -0.05) is 41.0 Å². The lowest BCUT2D eigenvalue weighted by Crippen LogP contribution is -2.36. The molecule has 1 amide bonds. The number of morpholine rings is 1. The summed E-state index contributed by atoms with van der Waals surface area (Å²) in [5, 5.41) is 7.39. The zero-order valence-corrected chi connectivity index (χ0v) is 16.0. The van der Waals surface area contributed by atoms with Crippen molar-refractivity contribution in [1.29, 1.82) is 0 Å². The average Bonchev–Trinajstić information content (AvgIpc) is 3.18. The number of nitrogens with zero attached hydrogens (tertiary/aromatic N) is 2. The van der Waals surface area contributed by atoms with Crippen LogP contribution >= 0.6 is 11.6 Å². The van der Waals surface area contributed by atoms with Crippen LogP contribution in [-0.4, -0.2) is 37.4 Å². The van der Waals surface area contributed by atoms with E-state index in [0.717, 1.165) is 43.1 Å². The Morgan fingerprint density at radius 3 is 2.50 bits per heavy atom. The van der Waals surface area contributed by atoms with Gasteiger partial charge in [-0.25, -0.2) is 0 Å². The van der Waals surface area contributed by atoms with Crippen molar-refractivity contribution in [3.63, 3.8) is 0 Å². The van der Waals surface area contributed by atoms with E-state index in [2.05, 4.69) is 15.4 Å². The molecule has 0 unspecified atom stereocenters. The molecule has 7 heteroatoms. The number of hydrogen-bond donors (Lipinski definition) is 1. The van der Waals surface area contributed by atoms with Gasteiger partial charge in [-0.15, -0.1) is 0 Å². The number of rotatable bonds is 5. The molecule has 1 aliphatic heterocycles. The van der Waals surface area contributed by atoms with Gasteiger partial charge in [0.05, 0.1) is 19.6 Å². The lowest BCUT2D eigenvalue weighted by atomic mass is 10.1. The molecule has 0 spiro atoms. The third-order valence-corrected chi connectivity index (χ3v) is 4.84. The Hall–Kier alpha value is -2.83. The molecule has 1 aromatic heterocycles. The summed E-state index contributed by atoms with van der Waals surface area (Å²) in [5.74, 6) is 0.165. The number of nitrogens with one attached hydrogen (secondary N) is 1. The van der Waals surface area contributed by atoms with Crippen LogP contribution in [0.5, 0.6) is 0 Å². The summed E-state index contributed by atoms with van der Waals surface area (Å²) in [6.07, 6.45) is 0.264. The minimum atomic E-state index is -0.155. The Morgan fingerprint density at radius 1 is 1.07 bits per heavy atom. The van der Waals surface area contributed by atoms with E-state index in [1.165, 1.54) is 0 Å². The van der Waals surface area contributed by atoms with Crippen molar-refractivity contribution in [3.8, 4) is 11.3 Å². The molecule has 1 N–H and O–H groups in total. The largest absolute Gasteiger partial charge is 0.378 e. The zero-order chi connectivity index (χ0) is 19.3. The predicted molar refractivity (Wildman–Crippen MR) is 109 cm³/mol. The maximum Gasteiger partial charge on any atom is 0.231 e. The summed E-state index contributed by atoms with van der Waals surface area (Å²) < 4.78 is 10.6. The molecule has 0 atom stereocenters. The molecule has 3 aromatic rings. The third kappa shape index (κ3) is 4.52. The normalized spacial score (nSPS) is 14.1. The fraction of sp³-hybridized carbons (Fsp3) is 0.238. The van der Waals surface area contributed by atoms with Gasteiger partial charge in [0.25, 0.3) is 0 Å². The van der Waals surface area contributed by atoms with Crippen molar-refractivity contribution in [2.24, 2.45) is 0 Å². The highest BCUT2D eigenvalue weighted by Crippen LogP contribution is 2.23. The maximum absolute atomic E-state index is 12.3. The van der Waals surface area contributed by atoms with Gasteiger partial charge in [-0.2, -0.15) is 0 Å². The Kier molecular flexibility index (Phi) is 5.60. The summed E-state index contributed by atoms with van der Waals surface area (Å²) >= 11 is 5.89. The molecule has 28 heavy (non-hydrogen) atoms. The molecule has 0 bridgehead atoms. The maximum atomic E-state index is 12.3. The lowest BCUT2D eigenvalue weighted by Gasteiger charge is -2.28. The van der Waals surface area contributed by atoms with Crippen LogP contribution in [0.4, 0.5) is 11.6 Å². The molecular weight excluding hydrogens is 378 g/mol. The van der Waals surface area contributed by atoms with Crippen molar-refractivity contribution in [2.75, 3.05) is 36.5 Å². The topological polar surface area (TPSA) is 67.6 Å². The first-order chi connectivity index (χ1) is 13.7. The third-order valence-electron chi connectivity index (χ3n) is 4.59. The lowest BCUT2D eigenvalue weighted by molar-refractivity contribution is -0.115. The van der Waals surface area contributed by atoms with E-state index in [-0.39, 0.29) is 12.3 Å². The van der Waals surface area contributed by atoms with Crippen LogP contribution in [0.3, 0.4) is 0 Å². The second kappa shape index (κ2) is 8.46. The van der Waals surface area contributed by atoms with Crippen molar-refractivity contribution in [1.82, 2.24) is 5.16 Å². The molecular formula is C21H20ClN3O3. The SMILES string of the molecule is O=C(Cc1ccc(N2CCOCC2)cc1)Nc1cc(-c2ccc(Cl)cc2)no1. The van der Waals surface area contributed by atoms with Gasteiger partial charge >= 0.3 is 0 Å². The van der Waals surface area contributed by atoms with Gasteiger partial charge in [-0.05, 0) is 29.8 Å². The molecule has 4 rings (SSSR count). The van der Waals surface area contributed by atoms with Crippen molar-refractivity contribution >= 4 is 29.1 Å². The van der Waals surface area contributed by atoms with Crippen molar-refractivity contribution < 1.29 is 14.1 Å². The number of amides is 1. The molecule has 0 radical (unpaired) electrons. The second-order valence-electron chi connectivity index (χ2n) is 6.57. The van der Waals surface area contributed by atoms with E-state index >= 15 is 0 Å². The zero-order valence-electron chi connectivity index (χ0n) is 15.2. The Balaban J connectivity index is 1.35. The molecule has 1 fully saturated rings. The Labute approximate surface area is 168 Å². The summed E-state index contributed by atoms with van der Waals surface area (Å²) in [5.41, 5.74) is 3.59. The highest BCUT2D eigenvalue weighted by atomic mass is 35.5. The minimum Gasteiger partial charge on any atom is -0.378 e. The molecule has 144 valence electrons. The van der Waals surface area contributed by atoms with Gasteiger partial charge < -0.3 is 14.2 Å². The predicted octanol–water partition coefficient (Wildman–Crippen LogP) is 4.01. The number of hydrogen-bond acceptors (Lipinski definition) is 5. The van der Waals surface area contributed by atoms with Crippen molar-refractivity contribution in [3.05, 3.63) is 65.2 Å². The number of aromatic nitrogens is 1. The van der Waals surface area contributed by atoms with E-state index in [0.29, 0.717) is 16.6 Å². The first kappa shape index (κ1) is 18.5. The van der Waals surface area contributed by atoms with Gasteiger partial charge in [0.1, 0.15) is 5.69 Å². The summed E-state index contributed by atoms with van der Waals surface area (Å²) in [4.78, 5) is 14.6. The van der Waals surface area contributed by atoms with Crippen LogP contribution in [0.25, 0.3) is 11.3 Å². The van der Waals surface area contributed by atoms with Crippen LogP contribution < -0.4 is 10.2 Å². The number of carbonyl (C=O) groups is 1. The number of anilines is 2. The quantitative estimate of drug-likeness (QED) is 0.704. The average molecular weight is 398 g/mol. The summed E-state index contributed by atoms with van der Waals surface area (Å²) in [6, 6.07) is 17.0. The van der Waals surface area contributed by atoms with Gasteiger partial charge in [-0.3, -0.25) is 10.1 Å². The van der Waals surface area contributed by atoms with Crippen LogP contribution in [0.15, 0.2) is 59.1 Å². The monoisotopic (exact) mass is 397 g/mol. The van der Waals surface area contributed by atoms with Crippen molar-refractivity contribution in [2.45, 2.75) is 6.42 Å². The van der Waals surface area contributed by atoms with Crippen LogP contribution in [0, 0.1) is 0 Å².